The lowest BCUT2D eigenvalue weighted by Crippen LogP contribution is -2.54. The number of fused-ring (bicyclic) bond motifs is 1. The average molecular weight is 845 g/mol. The van der Waals surface area contributed by atoms with Gasteiger partial charge in [0.15, 0.2) is 11.0 Å². The number of pyridine rings is 2. The van der Waals surface area contributed by atoms with Gasteiger partial charge in [-0.25, -0.2) is 14.2 Å². The second kappa shape index (κ2) is 16.8. The van der Waals surface area contributed by atoms with Crippen molar-refractivity contribution in [3.63, 3.8) is 0 Å². The number of nitro groups is 1. The predicted molar refractivity (Wildman–Crippen MR) is 233 cm³/mol. The quantitative estimate of drug-likeness (QED) is 0.0767. The van der Waals surface area contributed by atoms with Crippen LogP contribution in [0.4, 0.5) is 17.2 Å². The molecule has 61 heavy (non-hydrogen) atoms. The average Bonchev–Trinajstić information content (AvgIpc) is 3.82. The molecule has 3 aromatic heterocycles. The summed E-state index contributed by atoms with van der Waals surface area (Å²) in [4.78, 5) is 42.3. The van der Waals surface area contributed by atoms with Gasteiger partial charge in [-0.1, -0.05) is 24.3 Å². The Balaban J connectivity index is 0.826. The number of nitrogens with one attached hydrogen (secondary N) is 3. The van der Waals surface area contributed by atoms with E-state index in [1.165, 1.54) is 57.3 Å². The summed E-state index contributed by atoms with van der Waals surface area (Å²) in [5, 5.41) is 15.9. The number of aromatic amines is 1. The lowest BCUT2D eigenvalue weighted by molar-refractivity contribution is -0.384. The summed E-state index contributed by atoms with van der Waals surface area (Å²) < 4.78 is 28.2. The maximum Gasteiger partial charge on any atom is 0.312 e. The van der Waals surface area contributed by atoms with Crippen molar-refractivity contribution in [2.24, 2.45) is 5.41 Å². The second-order valence-electron chi connectivity index (χ2n) is 17.6. The van der Waals surface area contributed by atoms with E-state index in [-0.39, 0.29) is 33.8 Å². The lowest BCUT2D eigenvalue weighted by atomic mass is 9.59. The fourth-order valence-electron chi connectivity index (χ4n) is 10.2. The van der Waals surface area contributed by atoms with Crippen molar-refractivity contribution in [1.29, 1.82) is 0 Å². The Morgan fingerprint density at radius 2 is 1.80 bits per heavy atom. The first-order valence-electron chi connectivity index (χ1n) is 21.9. The van der Waals surface area contributed by atoms with Gasteiger partial charge in [0.2, 0.25) is 5.82 Å². The predicted octanol–water partition coefficient (Wildman–Crippen LogP) is 8.56. The van der Waals surface area contributed by atoms with Crippen molar-refractivity contribution in [3.8, 4) is 11.5 Å². The van der Waals surface area contributed by atoms with Crippen molar-refractivity contribution < 1.29 is 23.4 Å². The number of amides is 1. The molecule has 14 nitrogen and oxygen atoms in total. The molecule has 6 heterocycles. The third-order valence-corrected chi connectivity index (χ3v) is 14.7. The summed E-state index contributed by atoms with van der Waals surface area (Å²) in [7, 11) is -2.16. The van der Waals surface area contributed by atoms with Crippen LogP contribution in [0.3, 0.4) is 0 Å². The number of rotatable bonds is 13. The van der Waals surface area contributed by atoms with Gasteiger partial charge < -0.3 is 24.7 Å². The van der Waals surface area contributed by atoms with E-state index in [1.807, 2.05) is 24.3 Å². The molecule has 3 saturated heterocycles. The first-order chi connectivity index (χ1) is 29.8. The molecule has 1 spiro atoms. The van der Waals surface area contributed by atoms with Crippen LogP contribution in [0.2, 0.25) is 0 Å². The van der Waals surface area contributed by atoms with Gasteiger partial charge in [-0.15, -0.1) is 0 Å². The Morgan fingerprint density at radius 3 is 2.59 bits per heavy atom. The normalized spacial score (nSPS) is 22.2. The smallest absolute Gasteiger partial charge is 0.312 e. The Hall–Kier alpha value is -5.38. The van der Waals surface area contributed by atoms with Crippen molar-refractivity contribution in [3.05, 3.63) is 106 Å². The fourth-order valence-corrected chi connectivity index (χ4v) is 11.0. The number of hydrogen-bond donors (Lipinski definition) is 3. The number of carbonyl (C=O) groups is 1. The standard InChI is InChI=1S/C46H52N8O6S/c55-45(51-61(58)36-24-41(54(56)57)44(50-29-36)49-27-34-6-3-4-21-59-34)39-13-12-32(23-42(39)60-35-22-31-14-17-47-43(31)48-28-35)52-19-15-46(16-20-52)25-33(26-46)53-18-5-9-40(53)38-8-2-1-7-37(38)30-10-11-30/h1-2,7-8,12-14,17,22-24,28-30,33-34,40H,3-6,9-11,15-16,18-21,25-27H2,(H,47,48)(H,49,50)(H,51,55)/t34-,40-,61?/m0/s1. The maximum atomic E-state index is 13.9. The van der Waals surface area contributed by atoms with E-state index >= 15 is 0 Å². The van der Waals surface area contributed by atoms with E-state index in [9.17, 15) is 19.1 Å². The van der Waals surface area contributed by atoms with Crippen LogP contribution in [-0.4, -0.2) is 79.8 Å². The Kier molecular flexibility index (Phi) is 11.0. The minimum atomic E-state index is -2.16. The molecule has 10 rings (SSSR count). The highest BCUT2D eigenvalue weighted by Gasteiger charge is 2.50. The monoisotopic (exact) mass is 844 g/mol. The van der Waals surface area contributed by atoms with Crippen LogP contribution >= 0.6 is 0 Å². The number of anilines is 2. The van der Waals surface area contributed by atoms with Gasteiger partial charge in [-0.3, -0.25) is 24.5 Å². The fraction of sp³-hybridized carbons (Fsp3) is 0.457. The molecule has 3 atom stereocenters. The second-order valence-corrected chi connectivity index (χ2v) is 18.8. The van der Waals surface area contributed by atoms with Crippen molar-refractivity contribution >= 4 is 45.1 Å². The topological polar surface area (TPSA) is 168 Å². The van der Waals surface area contributed by atoms with Gasteiger partial charge in [0, 0.05) is 73.9 Å². The van der Waals surface area contributed by atoms with Crippen LogP contribution in [0.25, 0.3) is 11.0 Å². The van der Waals surface area contributed by atoms with Gasteiger partial charge in [0.25, 0.3) is 5.91 Å². The lowest BCUT2D eigenvalue weighted by Gasteiger charge is -2.56. The van der Waals surface area contributed by atoms with Crippen molar-refractivity contribution in [2.45, 2.75) is 99.6 Å². The molecule has 5 aromatic rings. The van der Waals surface area contributed by atoms with E-state index in [0.717, 1.165) is 62.2 Å². The van der Waals surface area contributed by atoms with E-state index in [2.05, 4.69) is 59.1 Å². The van der Waals surface area contributed by atoms with E-state index < -0.39 is 21.8 Å². The minimum Gasteiger partial charge on any atom is -0.455 e. The summed E-state index contributed by atoms with van der Waals surface area (Å²) in [6, 6.07) is 20.8. The summed E-state index contributed by atoms with van der Waals surface area (Å²) in [5.74, 6) is 0.881. The molecule has 2 aromatic carbocycles. The highest BCUT2D eigenvalue weighted by atomic mass is 32.2. The minimum absolute atomic E-state index is 0.00970. The molecule has 1 amide bonds. The first-order valence-corrected chi connectivity index (χ1v) is 23.0. The number of hydrogen-bond acceptors (Lipinski definition) is 11. The molecular formula is C46H52N8O6S. The van der Waals surface area contributed by atoms with Gasteiger partial charge in [-0.2, -0.15) is 0 Å². The van der Waals surface area contributed by atoms with Crippen LogP contribution in [-0.2, 0) is 15.7 Å². The number of benzene rings is 2. The molecule has 5 aliphatic rings. The van der Waals surface area contributed by atoms with E-state index in [0.29, 0.717) is 42.0 Å². The van der Waals surface area contributed by atoms with Crippen LogP contribution in [0.5, 0.6) is 11.5 Å². The number of aromatic nitrogens is 3. The van der Waals surface area contributed by atoms with Gasteiger partial charge in [0.05, 0.1) is 27.7 Å². The highest BCUT2D eigenvalue weighted by molar-refractivity contribution is 7.83. The summed E-state index contributed by atoms with van der Waals surface area (Å²) in [6.07, 6.45) is 17.4. The number of carbonyl (C=O) groups excluding carboxylic acids is 1. The van der Waals surface area contributed by atoms with Crippen molar-refractivity contribution in [2.75, 3.05) is 43.0 Å². The molecule has 2 saturated carbocycles. The SMILES string of the molecule is O=C(NS(=O)c1cnc(NC[C@@H]2CCCCO2)c([N+](=O)[O-])c1)c1ccc(N2CCC3(CC2)CC(N2CCC[C@H]2c2ccccc2C2CC2)C3)cc1Oc1cnc2[nH]ccc2c1. The molecule has 1 unspecified atom stereocenters. The van der Waals surface area contributed by atoms with E-state index in [4.69, 9.17) is 9.47 Å². The first kappa shape index (κ1) is 39.7. The Bertz CT molecular complexity index is 2450. The molecule has 3 aliphatic heterocycles. The molecule has 15 heteroatoms. The molecule has 0 bridgehead atoms. The molecule has 5 fully saturated rings. The molecule has 318 valence electrons. The molecule has 2 aliphatic carbocycles. The van der Waals surface area contributed by atoms with Crippen LogP contribution in [0, 0.1) is 15.5 Å². The zero-order valence-electron chi connectivity index (χ0n) is 34.2. The Labute approximate surface area is 357 Å². The van der Waals surface area contributed by atoms with Gasteiger partial charge in [-0.05, 0) is 124 Å². The van der Waals surface area contributed by atoms with Gasteiger partial charge in [0.1, 0.15) is 17.1 Å². The van der Waals surface area contributed by atoms with Crippen LogP contribution in [0.15, 0.2) is 84.1 Å². The van der Waals surface area contributed by atoms with E-state index in [1.54, 1.807) is 29.6 Å². The third-order valence-electron chi connectivity index (χ3n) is 13.7. The molecule has 0 radical (unpaired) electrons. The highest BCUT2D eigenvalue weighted by Crippen LogP contribution is 2.55. The number of likely N-dealkylation sites (tertiary alicyclic amines) is 1. The van der Waals surface area contributed by atoms with Crippen molar-refractivity contribution in [1.82, 2.24) is 24.6 Å². The summed E-state index contributed by atoms with van der Waals surface area (Å²) >= 11 is 0. The number of nitrogens with zero attached hydrogens (tertiary/aromatic N) is 5. The molecular weight excluding hydrogens is 793 g/mol. The zero-order chi connectivity index (χ0) is 41.5. The maximum absolute atomic E-state index is 13.9. The summed E-state index contributed by atoms with van der Waals surface area (Å²) in [5.41, 5.74) is 4.99. The van der Waals surface area contributed by atoms with Gasteiger partial charge >= 0.3 is 5.69 Å². The largest absolute Gasteiger partial charge is 0.455 e. The zero-order valence-corrected chi connectivity index (χ0v) is 35.0. The van der Waals surface area contributed by atoms with Crippen LogP contribution in [0.1, 0.15) is 104 Å². The number of ether oxygens (including phenoxy) is 2. The number of piperidine rings is 1. The Morgan fingerprint density at radius 1 is 0.967 bits per heavy atom. The third kappa shape index (κ3) is 8.35. The molecule has 3 N–H and O–H groups in total. The van der Waals surface area contributed by atoms with Crippen LogP contribution < -0.4 is 19.7 Å². The number of H-pyrrole nitrogens is 1. The summed E-state index contributed by atoms with van der Waals surface area (Å²) in [6.45, 7) is 4.01.